The summed E-state index contributed by atoms with van der Waals surface area (Å²) in [5.41, 5.74) is -0.130. The summed E-state index contributed by atoms with van der Waals surface area (Å²) in [5.74, 6) is -6.57. The van der Waals surface area contributed by atoms with Gasteiger partial charge in [0.1, 0.15) is 5.82 Å². The van der Waals surface area contributed by atoms with E-state index in [-0.39, 0.29) is 12.2 Å². The molecule has 2 rings (SSSR count). The van der Waals surface area contributed by atoms with Gasteiger partial charge in [0, 0.05) is 24.4 Å². The van der Waals surface area contributed by atoms with Gasteiger partial charge in [-0.3, -0.25) is 0 Å². The van der Waals surface area contributed by atoms with E-state index < -0.39 is 34.8 Å². The van der Waals surface area contributed by atoms with Crippen LogP contribution in [0.15, 0.2) is 30.3 Å². The second kappa shape index (κ2) is 5.82. The summed E-state index contributed by atoms with van der Waals surface area (Å²) in [4.78, 5) is 10.6. The van der Waals surface area contributed by atoms with Crippen LogP contribution in [0.5, 0.6) is 0 Å². The highest BCUT2D eigenvalue weighted by molar-refractivity contribution is 5.87. The predicted molar refractivity (Wildman–Crippen MR) is 67.0 cm³/mol. The number of aromatic carboxylic acids is 1. The molecule has 0 aliphatic heterocycles. The molecule has 2 aromatic carbocycles. The Morgan fingerprint density at radius 2 is 1.62 bits per heavy atom. The minimum absolute atomic E-state index is 0.0126. The lowest BCUT2D eigenvalue weighted by molar-refractivity contribution is 0.0692. The Bertz CT molecular complexity index is 680. The van der Waals surface area contributed by atoms with Crippen LogP contribution in [-0.4, -0.2) is 11.1 Å². The molecule has 2 aromatic rings. The summed E-state index contributed by atoms with van der Waals surface area (Å²) in [6.07, 6.45) is 0. The van der Waals surface area contributed by atoms with Crippen molar-refractivity contribution < 1.29 is 27.5 Å². The van der Waals surface area contributed by atoms with Crippen LogP contribution in [0.4, 0.5) is 23.2 Å². The number of carboxylic acids is 1. The predicted octanol–water partition coefficient (Wildman–Crippen LogP) is 3.55. The fourth-order valence-electron chi connectivity index (χ4n) is 1.70. The van der Waals surface area contributed by atoms with E-state index >= 15 is 0 Å². The maximum absolute atomic E-state index is 13.4. The van der Waals surface area contributed by atoms with Crippen LogP contribution in [0.2, 0.25) is 0 Å². The van der Waals surface area contributed by atoms with Crippen molar-refractivity contribution in [3.8, 4) is 0 Å². The van der Waals surface area contributed by atoms with Crippen molar-refractivity contribution >= 4 is 11.7 Å². The Morgan fingerprint density at radius 1 is 1.00 bits per heavy atom. The average Bonchev–Trinajstić information content (AvgIpc) is 2.42. The van der Waals surface area contributed by atoms with Crippen LogP contribution in [-0.2, 0) is 6.54 Å². The first-order valence-corrected chi connectivity index (χ1v) is 5.78. The molecule has 21 heavy (non-hydrogen) atoms. The van der Waals surface area contributed by atoms with Gasteiger partial charge < -0.3 is 10.4 Å². The number of hydrogen-bond acceptors (Lipinski definition) is 2. The van der Waals surface area contributed by atoms with Crippen molar-refractivity contribution in [3.05, 3.63) is 64.7 Å². The Balaban J connectivity index is 2.13. The number of anilines is 1. The Labute approximate surface area is 116 Å². The number of benzene rings is 2. The second-order valence-corrected chi connectivity index (χ2v) is 4.23. The van der Waals surface area contributed by atoms with Gasteiger partial charge in [0.15, 0.2) is 17.5 Å². The Kier molecular flexibility index (Phi) is 4.11. The Hall–Kier alpha value is -2.57. The molecule has 0 radical (unpaired) electrons. The van der Waals surface area contributed by atoms with E-state index in [1.165, 1.54) is 6.07 Å². The molecule has 0 amide bonds. The number of rotatable bonds is 4. The second-order valence-electron chi connectivity index (χ2n) is 4.23. The van der Waals surface area contributed by atoms with Gasteiger partial charge in [0.25, 0.3) is 0 Å². The van der Waals surface area contributed by atoms with Crippen LogP contribution in [0.1, 0.15) is 15.9 Å². The number of nitrogens with one attached hydrogen (secondary N) is 1. The average molecular weight is 299 g/mol. The van der Waals surface area contributed by atoms with Crippen molar-refractivity contribution in [2.24, 2.45) is 0 Å². The molecular weight excluding hydrogens is 290 g/mol. The van der Waals surface area contributed by atoms with Gasteiger partial charge in [0.2, 0.25) is 0 Å². The van der Waals surface area contributed by atoms with Gasteiger partial charge in [-0.05, 0) is 17.7 Å². The number of carbonyl (C=O) groups is 1. The minimum atomic E-state index is -1.57. The molecule has 2 N–H and O–H groups in total. The summed E-state index contributed by atoms with van der Waals surface area (Å²) < 4.78 is 52.2. The maximum Gasteiger partial charge on any atom is 0.338 e. The molecule has 7 heteroatoms. The van der Waals surface area contributed by atoms with E-state index in [9.17, 15) is 22.4 Å². The van der Waals surface area contributed by atoms with Crippen LogP contribution >= 0.6 is 0 Å². The highest BCUT2D eigenvalue weighted by Gasteiger charge is 2.12. The van der Waals surface area contributed by atoms with Crippen LogP contribution in [0.3, 0.4) is 0 Å². The lowest BCUT2D eigenvalue weighted by Gasteiger charge is -2.08. The van der Waals surface area contributed by atoms with Gasteiger partial charge in [-0.2, -0.15) is 0 Å². The third-order valence-electron chi connectivity index (χ3n) is 2.74. The molecule has 0 saturated carbocycles. The lowest BCUT2D eigenvalue weighted by atomic mass is 10.1. The highest BCUT2D eigenvalue weighted by atomic mass is 19.2. The van der Waals surface area contributed by atoms with Crippen molar-refractivity contribution in [1.29, 1.82) is 0 Å². The Morgan fingerprint density at radius 3 is 2.14 bits per heavy atom. The summed E-state index contributed by atoms with van der Waals surface area (Å²) in [6, 6.07) is 4.96. The van der Waals surface area contributed by atoms with Gasteiger partial charge in [0.05, 0.1) is 5.56 Å². The van der Waals surface area contributed by atoms with Gasteiger partial charge >= 0.3 is 5.97 Å². The molecule has 0 spiro atoms. The first-order valence-electron chi connectivity index (χ1n) is 5.78. The van der Waals surface area contributed by atoms with Crippen molar-refractivity contribution in [3.63, 3.8) is 0 Å². The van der Waals surface area contributed by atoms with E-state index in [4.69, 9.17) is 5.11 Å². The zero-order valence-electron chi connectivity index (χ0n) is 10.5. The number of halogens is 4. The molecule has 0 heterocycles. The molecule has 0 aliphatic rings. The first kappa shape index (κ1) is 14.8. The molecule has 0 unspecified atom stereocenters. The largest absolute Gasteiger partial charge is 0.478 e. The first-order chi connectivity index (χ1) is 9.88. The molecule has 110 valence electrons. The molecule has 0 fully saturated rings. The minimum Gasteiger partial charge on any atom is -0.478 e. The summed E-state index contributed by atoms with van der Waals surface area (Å²) in [7, 11) is 0. The van der Waals surface area contributed by atoms with Crippen molar-refractivity contribution in [2.45, 2.75) is 6.54 Å². The highest BCUT2D eigenvalue weighted by Crippen LogP contribution is 2.18. The monoisotopic (exact) mass is 299 g/mol. The third-order valence-corrected chi connectivity index (χ3v) is 2.74. The van der Waals surface area contributed by atoms with E-state index in [2.05, 4.69) is 5.32 Å². The zero-order chi connectivity index (χ0) is 15.6. The van der Waals surface area contributed by atoms with E-state index in [0.717, 1.165) is 24.3 Å². The zero-order valence-corrected chi connectivity index (χ0v) is 10.5. The molecule has 0 atom stereocenters. The van der Waals surface area contributed by atoms with Crippen LogP contribution in [0.25, 0.3) is 0 Å². The fraction of sp³-hybridized carbons (Fsp3) is 0.0714. The molecular formula is C14H9F4NO2. The number of carboxylic acid groups (broad SMARTS) is 1. The van der Waals surface area contributed by atoms with E-state index in [1.807, 2.05) is 0 Å². The topological polar surface area (TPSA) is 49.3 Å². The van der Waals surface area contributed by atoms with Crippen molar-refractivity contribution in [1.82, 2.24) is 0 Å². The lowest BCUT2D eigenvalue weighted by Crippen LogP contribution is -2.05. The van der Waals surface area contributed by atoms with Gasteiger partial charge in [-0.15, -0.1) is 0 Å². The normalized spacial score (nSPS) is 10.5. The van der Waals surface area contributed by atoms with Crippen molar-refractivity contribution in [2.75, 3.05) is 5.32 Å². The summed E-state index contributed by atoms with van der Waals surface area (Å²) in [5, 5.41) is 11.3. The standard InChI is InChI=1S/C14H9F4NO2/c15-10-3-7(1-2-9(10)14(20)21)6-19-8-4-11(16)13(18)12(17)5-8/h1-5,19H,6H2,(H,20,21). The fourth-order valence-corrected chi connectivity index (χ4v) is 1.70. The molecule has 0 saturated heterocycles. The molecule has 3 nitrogen and oxygen atoms in total. The molecule has 0 aliphatic carbocycles. The molecule has 0 bridgehead atoms. The number of hydrogen-bond donors (Lipinski definition) is 2. The van der Waals surface area contributed by atoms with Crippen LogP contribution < -0.4 is 5.32 Å². The quantitative estimate of drug-likeness (QED) is 0.670. The smallest absolute Gasteiger partial charge is 0.338 e. The maximum atomic E-state index is 13.4. The van der Waals surface area contributed by atoms with E-state index in [0.29, 0.717) is 5.56 Å². The van der Waals surface area contributed by atoms with E-state index in [1.54, 1.807) is 0 Å². The van der Waals surface area contributed by atoms with Crippen LogP contribution in [0, 0.1) is 23.3 Å². The third kappa shape index (κ3) is 3.31. The summed E-state index contributed by atoms with van der Waals surface area (Å²) in [6.45, 7) is -0.0126. The summed E-state index contributed by atoms with van der Waals surface area (Å²) >= 11 is 0. The van der Waals surface area contributed by atoms with Gasteiger partial charge in [-0.25, -0.2) is 22.4 Å². The van der Waals surface area contributed by atoms with Gasteiger partial charge in [-0.1, -0.05) is 6.07 Å². The molecule has 0 aromatic heterocycles. The SMILES string of the molecule is O=C(O)c1ccc(CNc2cc(F)c(F)c(F)c2)cc1F.